The molecule has 0 saturated heterocycles. The van der Waals surface area contributed by atoms with Crippen LogP contribution in [0.25, 0.3) is 21.9 Å². The summed E-state index contributed by atoms with van der Waals surface area (Å²) in [4.78, 5) is 49.1. The highest BCUT2D eigenvalue weighted by Gasteiger charge is 2.32. The minimum absolute atomic E-state index is 0.0463. The quantitative estimate of drug-likeness (QED) is 0.170. The number of hydrogen-bond acceptors (Lipinski definition) is 10. The first kappa shape index (κ1) is 37.7. The Bertz CT molecular complexity index is 1960. The molecule has 0 bridgehead atoms. The maximum Gasteiger partial charge on any atom is 0.415 e. The molecule has 3 amide bonds. The van der Waals surface area contributed by atoms with E-state index in [9.17, 15) is 14.4 Å². The average molecular weight is 718 g/mol. The third-order valence-electron chi connectivity index (χ3n) is 7.59. The summed E-state index contributed by atoms with van der Waals surface area (Å²) in [5.41, 5.74) is 0.344. The first-order chi connectivity index (χ1) is 24.5. The number of carbonyl (C=O) groups excluding carboxylic acids is 3. The Morgan fingerprint density at radius 1 is 0.942 bits per heavy atom. The van der Waals surface area contributed by atoms with Gasteiger partial charge in [0, 0.05) is 28.9 Å². The molecule has 0 aliphatic carbocycles. The Hall–Kier alpha value is -5.50. The summed E-state index contributed by atoms with van der Waals surface area (Å²) in [5.74, 6) is -0.490. The summed E-state index contributed by atoms with van der Waals surface area (Å²) in [6.07, 6.45) is -0.0625. The third-order valence-corrected chi connectivity index (χ3v) is 7.59. The van der Waals surface area contributed by atoms with E-state index < -0.39 is 41.4 Å². The number of aromatic nitrogens is 2. The zero-order chi connectivity index (χ0) is 37.8. The van der Waals surface area contributed by atoms with Gasteiger partial charge >= 0.3 is 18.3 Å². The van der Waals surface area contributed by atoms with Crippen molar-refractivity contribution in [2.45, 2.75) is 79.3 Å². The highest BCUT2D eigenvalue weighted by Crippen LogP contribution is 2.42. The Morgan fingerprint density at radius 3 is 2.35 bits per heavy atom. The minimum Gasteiger partial charge on any atom is -0.474 e. The van der Waals surface area contributed by atoms with E-state index in [2.05, 4.69) is 20.6 Å². The van der Waals surface area contributed by atoms with Gasteiger partial charge in [0.05, 0.1) is 25.4 Å². The predicted molar refractivity (Wildman–Crippen MR) is 194 cm³/mol. The maximum absolute atomic E-state index is 16.7. The fourth-order valence-electron chi connectivity index (χ4n) is 5.44. The molecule has 5 rings (SSSR count). The molecule has 0 spiro atoms. The van der Waals surface area contributed by atoms with Crippen molar-refractivity contribution in [3.05, 3.63) is 71.8 Å². The molecule has 13 nitrogen and oxygen atoms in total. The van der Waals surface area contributed by atoms with Gasteiger partial charge in [-0.1, -0.05) is 30.3 Å². The lowest BCUT2D eigenvalue weighted by molar-refractivity contribution is 0.0268. The van der Waals surface area contributed by atoms with E-state index in [4.69, 9.17) is 23.7 Å². The van der Waals surface area contributed by atoms with E-state index in [1.165, 1.54) is 23.4 Å². The highest BCUT2D eigenvalue weighted by molar-refractivity contribution is 6.05. The lowest BCUT2D eigenvalue weighted by Gasteiger charge is -2.32. The van der Waals surface area contributed by atoms with E-state index in [1.807, 2.05) is 30.3 Å². The molecule has 0 radical (unpaired) electrons. The van der Waals surface area contributed by atoms with Gasteiger partial charge in [0.15, 0.2) is 5.82 Å². The third kappa shape index (κ3) is 9.43. The van der Waals surface area contributed by atoms with Crippen molar-refractivity contribution in [1.82, 2.24) is 9.97 Å². The van der Waals surface area contributed by atoms with Crippen LogP contribution >= 0.6 is 0 Å². The lowest BCUT2D eigenvalue weighted by Crippen LogP contribution is -2.42. The van der Waals surface area contributed by atoms with Crippen molar-refractivity contribution >= 4 is 46.2 Å². The summed E-state index contributed by atoms with van der Waals surface area (Å²) in [6.45, 7) is 14.7. The zero-order valence-corrected chi connectivity index (χ0v) is 30.6. The molecule has 2 aromatic carbocycles. The van der Waals surface area contributed by atoms with Crippen molar-refractivity contribution in [2.75, 3.05) is 35.3 Å². The minimum atomic E-state index is -0.885. The first-order valence-electron chi connectivity index (χ1n) is 16.8. The number of nitrogens with one attached hydrogen (secondary N) is 2. The smallest absolute Gasteiger partial charge is 0.415 e. The van der Waals surface area contributed by atoms with Gasteiger partial charge in [0.25, 0.3) is 0 Å². The second-order valence-electron chi connectivity index (χ2n) is 14.3. The molecule has 14 heteroatoms. The van der Waals surface area contributed by atoms with Crippen molar-refractivity contribution in [1.29, 1.82) is 0 Å². The van der Waals surface area contributed by atoms with Crippen LogP contribution in [0.5, 0.6) is 5.88 Å². The summed E-state index contributed by atoms with van der Waals surface area (Å²) in [6, 6.07) is 12.7. The number of carbonyl (C=O) groups is 3. The topological polar surface area (TPSA) is 150 Å². The molecule has 1 aliphatic heterocycles. The Balaban J connectivity index is 1.48. The molecule has 2 N–H and O–H groups in total. The van der Waals surface area contributed by atoms with E-state index in [0.717, 1.165) is 5.56 Å². The number of pyridine rings is 2. The fraction of sp³-hybridized carbons (Fsp3) is 0.395. The number of fused-ring (bicyclic) bond motifs is 2. The molecule has 276 valence electrons. The molecular formula is C38H44FN5O8. The van der Waals surface area contributed by atoms with Gasteiger partial charge in [-0.15, -0.1) is 0 Å². The molecule has 2 aromatic heterocycles. The highest BCUT2D eigenvalue weighted by atomic mass is 19.1. The number of amides is 3. The van der Waals surface area contributed by atoms with Gasteiger partial charge in [0.1, 0.15) is 35.4 Å². The summed E-state index contributed by atoms with van der Waals surface area (Å²) < 4.78 is 44.6. The molecular weight excluding hydrogens is 673 g/mol. The summed E-state index contributed by atoms with van der Waals surface area (Å²) in [5, 5.41) is 5.79. The van der Waals surface area contributed by atoms with Crippen LogP contribution in [0, 0.1) is 12.7 Å². The van der Waals surface area contributed by atoms with Gasteiger partial charge < -0.3 is 23.7 Å². The van der Waals surface area contributed by atoms with Crippen LogP contribution in [0.4, 0.5) is 36.0 Å². The Labute approximate surface area is 301 Å². The van der Waals surface area contributed by atoms with Gasteiger partial charge in [0.2, 0.25) is 5.88 Å². The molecule has 4 aromatic rings. The summed E-state index contributed by atoms with van der Waals surface area (Å²) in [7, 11) is 0. The number of ether oxygens (including phenoxy) is 5. The van der Waals surface area contributed by atoms with Crippen molar-refractivity contribution in [3.8, 4) is 17.0 Å². The van der Waals surface area contributed by atoms with E-state index >= 15 is 4.39 Å². The summed E-state index contributed by atoms with van der Waals surface area (Å²) >= 11 is 0. The van der Waals surface area contributed by atoms with Gasteiger partial charge in [-0.3, -0.25) is 15.5 Å². The van der Waals surface area contributed by atoms with Crippen LogP contribution < -0.4 is 20.3 Å². The monoisotopic (exact) mass is 717 g/mol. The second kappa shape index (κ2) is 15.4. The van der Waals surface area contributed by atoms with Crippen LogP contribution in [0.3, 0.4) is 0 Å². The molecule has 1 unspecified atom stereocenters. The van der Waals surface area contributed by atoms with Crippen molar-refractivity contribution in [2.24, 2.45) is 0 Å². The first-order valence-corrected chi connectivity index (χ1v) is 16.8. The van der Waals surface area contributed by atoms with E-state index in [1.54, 1.807) is 61.5 Å². The number of halogens is 1. The largest absolute Gasteiger partial charge is 0.474 e. The predicted octanol–water partition coefficient (Wildman–Crippen LogP) is 8.38. The number of hydrogen-bond donors (Lipinski definition) is 2. The van der Waals surface area contributed by atoms with E-state index in [-0.39, 0.29) is 48.1 Å². The van der Waals surface area contributed by atoms with Gasteiger partial charge in [-0.25, -0.2) is 28.7 Å². The van der Waals surface area contributed by atoms with Crippen LogP contribution in [-0.4, -0.2) is 65.3 Å². The zero-order valence-electron chi connectivity index (χ0n) is 30.6. The normalized spacial score (nSPS) is 13.4. The Morgan fingerprint density at radius 2 is 1.65 bits per heavy atom. The van der Waals surface area contributed by atoms with Crippen LogP contribution in [0.15, 0.2) is 54.9 Å². The van der Waals surface area contributed by atoms with Crippen LogP contribution in [-0.2, 0) is 25.6 Å². The number of benzene rings is 2. The maximum atomic E-state index is 16.7. The number of nitrogens with zero attached hydrogens (tertiary/aromatic N) is 3. The average Bonchev–Trinajstić information content (AvgIpc) is 3.05. The van der Waals surface area contributed by atoms with Crippen molar-refractivity contribution < 1.29 is 42.5 Å². The number of anilines is 3. The fourth-order valence-corrected chi connectivity index (χ4v) is 5.44. The van der Waals surface area contributed by atoms with E-state index in [0.29, 0.717) is 28.8 Å². The van der Waals surface area contributed by atoms with Gasteiger partial charge in [-0.2, -0.15) is 0 Å². The number of rotatable bonds is 8. The van der Waals surface area contributed by atoms with Gasteiger partial charge in [-0.05, 0) is 84.0 Å². The van der Waals surface area contributed by atoms with Crippen LogP contribution in [0.2, 0.25) is 0 Å². The molecule has 1 atom stereocenters. The standard InChI is InChI=1S/C38H44FN5O8/c1-22(20-48-21-24-12-10-9-11-13-24)50-34(45)42-29-17-25-16-26(30(39)31(28(25)19-40-29)43-35(46)51-37(3,4)5)27-18-41-33-32(23(27)2)44(14-15-49-33)36(47)52-38(6,7)8/h9-13,16-19,22H,14-15,20-21H2,1-8H3,(H,43,46)(H,40,42,45). The lowest BCUT2D eigenvalue weighted by atomic mass is 9.96. The molecule has 3 heterocycles. The SMILES string of the molecule is Cc1c(-c2cc3cc(NC(=O)OC(C)COCc4ccccc4)ncc3c(NC(=O)OC(C)(C)C)c2F)cnc2c1N(C(=O)OC(C)(C)C)CCO2. The molecule has 0 fully saturated rings. The Kier molecular flexibility index (Phi) is 11.2. The van der Waals surface area contributed by atoms with Crippen molar-refractivity contribution in [3.63, 3.8) is 0 Å². The molecule has 1 aliphatic rings. The molecule has 52 heavy (non-hydrogen) atoms. The van der Waals surface area contributed by atoms with Crippen LogP contribution in [0.1, 0.15) is 59.6 Å². The second-order valence-corrected chi connectivity index (χ2v) is 14.3. The molecule has 0 saturated carbocycles.